The number of hydrogen-bond donors (Lipinski definition) is 3. The molecule has 16 heteroatoms. The van der Waals surface area contributed by atoms with Crippen molar-refractivity contribution in [1.82, 2.24) is 30.2 Å². The SMILES string of the molecule is C=CC1C[C@]1(NC(=O)[C@@H]1C[C@@H]2CN1C(=O)[C@H](C(C)(C)C)NC(=O)O[C@H]1C[C@@H]1CCCCCc1nc3ccc(OC)cc3nc1O2)C(=O)NS(=O)(=O)C1CC1. The number of benzene rings is 1. The van der Waals surface area contributed by atoms with Crippen molar-refractivity contribution in [2.45, 2.75) is 120 Å². The molecule has 1 unspecified atom stereocenters. The zero-order valence-corrected chi connectivity index (χ0v) is 32.1. The first kappa shape index (κ1) is 37.8. The minimum Gasteiger partial charge on any atom is -0.497 e. The van der Waals surface area contributed by atoms with Crippen molar-refractivity contribution in [3.63, 3.8) is 0 Å². The average Bonchev–Trinajstić information content (AvgIpc) is 4.04. The highest BCUT2D eigenvalue weighted by Crippen LogP contribution is 2.46. The lowest BCUT2D eigenvalue weighted by Gasteiger charge is -2.35. The Hall–Kier alpha value is -4.47. The number of amides is 4. The number of nitrogens with one attached hydrogen (secondary N) is 3. The lowest BCUT2D eigenvalue weighted by Crippen LogP contribution is -2.60. The molecule has 1 aromatic heterocycles. The number of nitrogens with zero attached hydrogens (tertiary/aromatic N) is 3. The molecule has 1 aromatic carbocycles. The Balaban J connectivity index is 1.22. The molecule has 0 spiro atoms. The molecule has 3 N–H and O–H groups in total. The molecule has 1 saturated heterocycles. The Morgan fingerprint density at radius 3 is 2.54 bits per heavy atom. The van der Waals surface area contributed by atoms with Gasteiger partial charge in [-0.05, 0) is 68.4 Å². The number of hydrogen-bond acceptors (Lipinski definition) is 11. The third kappa shape index (κ3) is 7.85. The molecule has 7 rings (SSSR count). The van der Waals surface area contributed by atoms with Crippen LogP contribution in [0, 0.1) is 17.3 Å². The van der Waals surface area contributed by atoms with Crippen molar-refractivity contribution in [3.8, 4) is 11.6 Å². The summed E-state index contributed by atoms with van der Waals surface area (Å²) >= 11 is 0. The lowest BCUT2D eigenvalue weighted by molar-refractivity contribution is -0.142. The van der Waals surface area contributed by atoms with E-state index in [0.717, 1.165) is 32.1 Å². The van der Waals surface area contributed by atoms with Crippen molar-refractivity contribution in [2.75, 3.05) is 13.7 Å². The Kier molecular flexibility index (Phi) is 10.0. The van der Waals surface area contributed by atoms with Crippen LogP contribution in [0.15, 0.2) is 30.9 Å². The van der Waals surface area contributed by atoms with Gasteiger partial charge in [-0.3, -0.25) is 19.1 Å². The van der Waals surface area contributed by atoms with E-state index < -0.39 is 74.1 Å². The standard InChI is InChI=1S/C38H50N6O9S/c1-6-22-19-38(22,35(47)43-54(49,50)25-13-14-25)42-32(45)29-18-24-20-44(29)34(46)31(37(2,3)4)41-36(48)53-30-16-21(30)10-8-7-9-11-27-33(52-24)40-28-17-23(51-5)12-15-26(28)39-27/h6,12,15,17,21-22,24-25,29-31H,1,7-11,13-14,16,18-20H2,2-5H3,(H,41,48)(H,42,45)(H,43,47)/t21-,22?,24+,29-,30-,31+,38+/m0/s1. The van der Waals surface area contributed by atoms with Crippen LogP contribution in [0.1, 0.15) is 84.3 Å². The molecule has 3 saturated carbocycles. The van der Waals surface area contributed by atoms with Crippen LogP contribution in [-0.2, 0) is 35.6 Å². The number of carbonyl (C=O) groups excluding carboxylic acids is 4. The molecule has 3 aliphatic carbocycles. The maximum Gasteiger partial charge on any atom is 0.408 e. The Morgan fingerprint density at radius 1 is 1.07 bits per heavy atom. The van der Waals surface area contributed by atoms with E-state index in [-0.39, 0.29) is 31.4 Å². The second kappa shape index (κ2) is 14.3. The van der Waals surface area contributed by atoms with Crippen LogP contribution in [0.25, 0.3) is 11.0 Å². The first-order valence-electron chi connectivity index (χ1n) is 18.9. The predicted molar refractivity (Wildman–Crippen MR) is 197 cm³/mol. The summed E-state index contributed by atoms with van der Waals surface area (Å²) in [4.78, 5) is 66.8. The summed E-state index contributed by atoms with van der Waals surface area (Å²) in [6, 6.07) is 3.20. The van der Waals surface area contributed by atoms with E-state index in [0.29, 0.717) is 47.6 Å². The van der Waals surface area contributed by atoms with E-state index in [2.05, 4.69) is 21.9 Å². The first-order chi connectivity index (χ1) is 25.6. The summed E-state index contributed by atoms with van der Waals surface area (Å²) in [5.74, 6) is -1.39. The molecule has 0 radical (unpaired) electrons. The van der Waals surface area contributed by atoms with Gasteiger partial charge in [-0.2, -0.15) is 0 Å². The summed E-state index contributed by atoms with van der Waals surface area (Å²) in [5.41, 5.74) is -0.451. The summed E-state index contributed by atoms with van der Waals surface area (Å²) < 4.78 is 45.3. The largest absolute Gasteiger partial charge is 0.497 e. The van der Waals surface area contributed by atoms with Crippen molar-refractivity contribution < 1.29 is 41.8 Å². The molecule has 15 nitrogen and oxygen atoms in total. The number of ether oxygens (including phenoxy) is 3. The smallest absolute Gasteiger partial charge is 0.408 e. The molecule has 5 aliphatic rings. The molecule has 292 valence electrons. The van der Waals surface area contributed by atoms with Gasteiger partial charge in [0.2, 0.25) is 27.7 Å². The normalized spacial score (nSPS) is 30.3. The maximum absolute atomic E-state index is 14.6. The van der Waals surface area contributed by atoms with E-state index in [9.17, 15) is 27.6 Å². The number of alkyl carbamates (subject to hydrolysis) is 1. The van der Waals surface area contributed by atoms with E-state index in [1.54, 1.807) is 13.2 Å². The summed E-state index contributed by atoms with van der Waals surface area (Å²) in [6.45, 7) is 9.18. The third-order valence-corrected chi connectivity index (χ3v) is 13.1. The minimum absolute atomic E-state index is 0.0245. The third-order valence-electron chi connectivity index (χ3n) is 11.3. The molecular weight excluding hydrogens is 717 g/mol. The molecular formula is C38H50N6O9S. The van der Waals surface area contributed by atoms with Crippen molar-refractivity contribution >= 4 is 44.9 Å². The fraction of sp³-hybridized carbons (Fsp3) is 0.632. The summed E-state index contributed by atoms with van der Waals surface area (Å²) in [6.07, 6.45) is 5.93. The number of aromatic nitrogens is 2. The van der Waals surface area contributed by atoms with E-state index in [1.807, 2.05) is 32.9 Å². The van der Waals surface area contributed by atoms with Gasteiger partial charge < -0.3 is 29.7 Å². The van der Waals surface area contributed by atoms with E-state index in [1.165, 1.54) is 11.0 Å². The number of rotatable bonds is 7. The average molecular weight is 767 g/mol. The second-order valence-corrected chi connectivity index (χ2v) is 18.4. The van der Waals surface area contributed by atoms with E-state index in [4.69, 9.17) is 24.2 Å². The number of fused-ring (bicyclic) bond motifs is 5. The lowest BCUT2D eigenvalue weighted by atomic mass is 9.85. The molecule has 4 amide bonds. The van der Waals surface area contributed by atoms with Gasteiger partial charge in [0.1, 0.15) is 41.3 Å². The number of methoxy groups -OCH3 is 1. The first-order valence-corrected chi connectivity index (χ1v) is 20.5. The molecule has 2 bridgehead atoms. The van der Waals surface area contributed by atoms with Gasteiger partial charge in [0, 0.05) is 18.4 Å². The van der Waals surface area contributed by atoms with Gasteiger partial charge in [-0.25, -0.2) is 23.2 Å². The number of carbonyl (C=O) groups is 4. The number of aryl methyl sites for hydroxylation is 1. The topological polar surface area (TPSA) is 195 Å². The van der Waals surface area contributed by atoms with Crippen molar-refractivity contribution in [3.05, 3.63) is 36.5 Å². The van der Waals surface area contributed by atoms with Gasteiger partial charge in [-0.15, -0.1) is 6.58 Å². The van der Waals surface area contributed by atoms with Gasteiger partial charge >= 0.3 is 6.09 Å². The van der Waals surface area contributed by atoms with Crippen LogP contribution >= 0.6 is 0 Å². The van der Waals surface area contributed by atoms with Crippen molar-refractivity contribution in [2.24, 2.45) is 17.3 Å². The molecule has 54 heavy (non-hydrogen) atoms. The number of sulfonamides is 1. The monoisotopic (exact) mass is 766 g/mol. The van der Waals surface area contributed by atoms with Gasteiger partial charge in [-0.1, -0.05) is 39.7 Å². The quantitative estimate of drug-likeness (QED) is 0.350. The van der Waals surface area contributed by atoms with Crippen LogP contribution in [-0.4, -0.2) is 95.8 Å². The molecule has 2 aliphatic heterocycles. The van der Waals surface area contributed by atoms with Crippen LogP contribution in [0.3, 0.4) is 0 Å². The predicted octanol–water partition coefficient (Wildman–Crippen LogP) is 3.30. The second-order valence-electron chi connectivity index (χ2n) is 16.5. The highest BCUT2D eigenvalue weighted by atomic mass is 32.2. The van der Waals surface area contributed by atoms with Crippen LogP contribution in [0.5, 0.6) is 11.6 Å². The zero-order chi connectivity index (χ0) is 38.6. The Bertz CT molecular complexity index is 1960. The molecule has 2 aromatic rings. The zero-order valence-electron chi connectivity index (χ0n) is 31.3. The van der Waals surface area contributed by atoms with E-state index >= 15 is 0 Å². The van der Waals surface area contributed by atoms with Crippen LogP contribution in [0.4, 0.5) is 4.79 Å². The molecule has 3 heterocycles. The molecule has 4 fully saturated rings. The summed E-state index contributed by atoms with van der Waals surface area (Å²) in [7, 11) is -2.33. The highest BCUT2D eigenvalue weighted by Gasteiger charge is 2.62. The van der Waals surface area contributed by atoms with Crippen LogP contribution < -0.4 is 24.8 Å². The van der Waals surface area contributed by atoms with Gasteiger partial charge in [0.05, 0.1) is 29.9 Å². The fourth-order valence-electron chi connectivity index (χ4n) is 7.64. The Morgan fingerprint density at radius 2 is 1.85 bits per heavy atom. The fourth-order valence-corrected chi connectivity index (χ4v) is 9.00. The van der Waals surface area contributed by atoms with Gasteiger partial charge in [0.15, 0.2) is 0 Å². The maximum atomic E-state index is 14.6. The summed E-state index contributed by atoms with van der Waals surface area (Å²) in [5, 5.41) is 4.96. The Labute approximate surface area is 315 Å². The van der Waals surface area contributed by atoms with Crippen molar-refractivity contribution in [1.29, 1.82) is 0 Å². The highest BCUT2D eigenvalue weighted by molar-refractivity contribution is 7.91. The van der Waals surface area contributed by atoms with Crippen LogP contribution in [0.2, 0.25) is 0 Å². The van der Waals surface area contributed by atoms with Gasteiger partial charge in [0.25, 0.3) is 5.91 Å². The molecule has 7 atom stereocenters. The minimum atomic E-state index is -3.90.